The molecule has 1 aromatic carbocycles. The van der Waals surface area contributed by atoms with Crippen LogP contribution in [0.3, 0.4) is 0 Å². The molecule has 0 saturated heterocycles. The fourth-order valence-electron chi connectivity index (χ4n) is 1.68. The second kappa shape index (κ2) is 6.51. The molecule has 0 atom stereocenters. The molecule has 2 aromatic rings. The van der Waals surface area contributed by atoms with E-state index in [2.05, 4.69) is 5.10 Å². The lowest BCUT2D eigenvalue weighted by Gasteiger charge is -2.04. The summed E-state index contributed by atoms with van der Waals surface area (Å²) in [7, 11) is 1.79. The molecule has 1 heterocycles. The Kier molecular flexibility index (Phi) is 4.50. The molecule has 0 unspecified atom stereocenters. The third-order valence-corrected chi connectivity index (χ3v) is 2.63. The van der Waals surface area contributed by atoms with Gasteiger partial charge in [-0.05, 0) is 24.3 Å². The van der Waals surface area contributed by atoms with Crippen molar-refractivity contribution in [2.75, 3.05) is 6.61 Å². The topological polar surface area (TPSA) is 81.4 Å². The van der Waals surface area contributed by atoms with Crippen LogP contribution in [0.4, 0.5) is 0 Å². The van der Waals surface area contributed by atoms with Crippen molar-refractivity contribution in [3.8, 4) is 5.75 Å². The summed E-state index contributed by atoms with van der Waals surface area (Å²) in [5.74, 6) is -0.916. The fraction of sp³-hybridized carbons (Fsp3) is 0.133. The van der Waals surface area contributed by atoms with Gasteiger partial charge in [0.25, 0.3) is 0 Å². The highest BCUT2D eigenvalue weighted by Gasteiger charge is 2.05. The number of ketones is 1. The third kappa shape index (κ3) is 4.31. The van der Waals surface area contributed by atoms with Crippen LogP contribution in [-0.4, -0.2) is 33.2 Å². The summed E-state index contributed by atoms with van der Waals surface area (Å²) in [6, 6.07) is 6.40. The number of hydrogen-bond acceptors (Lipinski definition) is 4. The first-order chi connectivity index (χ1) is 10.0. The van der Waals surface area contributed by atoms with Gasteiger partial charge in [0.2, 0.25) is 0 Å². The maximum Gasteiger partial charge on any atom is 0.341 e. The largest absolute Gasteiger partial charge is 0.482 e. The zero-order chi connectivity index (χ0) is 15.2. The molecule has 0 saturated carbocycles. The monoisotopic (exact) mass is 286 g/mol. The van der Waals surface area contributed by atoms with Gasteiger partial charge in [-0.2, -0.15) is 5.10 Å². The van der Waals surface area contributed by atoms with E-state index in [1.165, 1.54) is 12.1 Å². The molecule has 1 N–H and O–H groups in total. The van der Waals surface area contributed by atoms with Crippen molar-refractivity contribution in [2.24, 2.45) is 7.05 Å². The lowest BCUT2D eigenvalue weighted by Crippen LogP contribution is -2.09. The van der Waals surface area contributed by atoms with Crippen LogP contribution in [0, 0.1) is 0 Å². The van der Waals surface area contributed by atoms with Crippen molar-refractivity contribution in [3.05, 3.63) is 53.9 Å². The number of rotatable bonds is 6. The fourth-order valence-corrected chi connectivity index (χ4v) is 1.68. The quantitative estimate of drug-likeness (QED) is 0.646. The Hall–Kier alpha value is -2.89. The SMILES string of the molecule is Cn1cc(/C=C/C(=O)c2cccc(OCC(=O)O)c2)cn1. The zero-order valence-corrected chi connectivity index (χ0v) is 11.4. The van der Waals surface area contributed by atoms with Gasteiger partial charge in [-0.15, -0.1) is 0 Å². The van der Waals surface area contributed by atoms with Crippen LogP contribution >= 0.6 is 0 Å². The van der Waals surface area contributed by atoms with Gasteiger partial charge in [-0.1, -0.05) is 12.1 Å². The first-order valence-corrected chi connectivity index (χ1v) is 6.20. The molecule has 0 radical (unpaired) electrons. The summed E-state index contributed by atoms with van der Waals surface area (Å²) in [4.78, 5) is 22.5. The molecule has 1 aromatic heterocycles. The molecule has 21 heavy (non-hydrogen) atoms. The van der Waals surface area contributed by atoms with E-state index in [1.54, 1.807) is 48.4 Å². The molecule has 0 aliphatic rings. The predicted molar refractivity (Wildman–Crippen MR) is 76.1 cm³/mol. The van der Waals surface area contributed by atoms with Crippen LogP contribution in [0.5, 0.6) is 5.75 Å². The van der Waals surface area contributed by atoms with Gasteiger partial charge in [0.15, 0.2) is 12.4 Å². The number of aliphatic carboxylic acids is 1. The van der Waals surface area contributed by atoms with E-state index >= 15 is 0 Å². The Morgan fingerprint density at radius 1 is 1.43 bits per heavy atom. The van der Waals surface area contributed by atoms with Gasteiger partial charge in [0.05, 0.1) is 6.20 Å². The van der Waals surface area contributed by atoms with Crippen LogP contribution in [-0.2, 0) is 11.8 Å². The number of aryl methyl sites for hydroxylation is 1. The summed E-state index contributed by atoms with van der Waals surface area (Å²) in [5.41, 5.74) is 1.25. The Balaban J connectivity index is 2.06. The smallest absolute Gasteiger partial charge is 0.341 e. The molecule has 0 aliphatic carbocycles. The van der Waals surface area contributed by atoms with E-state index in [0.29, 0.717) is 11.3 Å². The summed E-state index contributed by atoms with van der Waals surface area (Å²) in [6.45, 7) is -0.441. The van der Waals surface area contributed by atoms with Crippen LogP contribution < -0.4 is 4.74 Å². The van der Waals surface area contributed by atoms with Crippen molar-refractivity contribution < 1.29 is 19.4 Å². The van der Waals surface area contributed by atoms with Crippen molar-refractivity contribution in [1.82, 2.24) is 9.78 Å². The zero-order valence-electron chi connectivity index (χ0n) is 11.4. The molecular formula is C15H14N2O4. The molecule has 0 fully saturated rings. The van der Waals surface area contributed by atoms with E-state index in [9.17, 15) is 9.59 Å². The number of carbonyl (C=O) groups is 2. The summed E-state index contributed by atoms with van der Waals surface area (Å²) < 4.78 is 6.68. The van der Waals surface area contributed by atoms with Gasteiger partial charge < -0.3 is 9.84 Å². The van der Waals surface area contributed by atoms with E-state index in [-0.39, 0.29) is 5.78 Å². The number of aromatic nitrogens is 2. The number of ether oxygens (including phenoxy) is 1. The molecule has 0 bridgehead atoms. The van der Waals surface area contributed by atoms with Crippen LogP contribution in [0.25, 0.3) is 6.08 Å². The number of allylic oxidation sites excluding steroid dienone is 1. The number of carbonyl (C=O) groups excluding carboxylic acids is 1. The molecule has 0 aliphatic heterocycles. The second-order valence-corrected chi connectivity index (χ2v) is 4.36. The molecule has 0 spiro atoms. The minimum atomic E-state index is -1.07. The highest BCUT2D eigenvalue weighted by atomic mass is 16.5. The van der Waals surface area contributed by atoms with Crippen molar-refractivity contribution in [1.29, 1.82) is 0 Å². The number of carboxylic acid groups (broad SMARTS) is 1. The summed E-state index contributed by atoms with van der Waals surface area (Å²) >= 11 is 0. The molecule has 6 nitrogen and oxygen atoms in total. The Morgan fingerprint density at radius 2 is 2.24 bits per heavy atom. The average molecular weight is 286 g/mol. The summed E-state index contributed by atoms with van der Waals surface area (Å²) in [6.07, 6.45) is 6.54. The normalized spacial score (nSPS) is 10.7. The Labute approximate surface area is 121 Å². The Bertz CT molecular complexity index is 688. The minimum Gasteiger partial charge on any atom is -0.482 e. The number of hydrogen-bond donors (Lipinski definition) is 1. The number of nitrogens with zero attached hydrogens (tertiary/aromatic N) is 2. The van der Waals surface area contributed by atoms with E-state index in [4.69, 9.17) is 9.84 Å². The molecule has 6 heteroatoms. The maximum atomic E-state index is 12.0. The second-order valence-electron chi connectivity index (χ2n) is 4.36. The van der Waals surface area contributed by atoms with E-state index in [0.717, 1.165) is 5.56 Å². The van der Waals surface area contributed by atoms with Gasteiger partial charge >= 0.3 is 5.97 Å². The van der Waals surface area contributed by atoms with Crippen LogP contribution in [0.1, 0.15) is 15.9 Å². The first kappa shape index (κ1) is 14.5. The van der Waals surface area contributed by atoms with E-state index in [1.807, 2.05) is 0 Å². The highest BCUT2D eigenvalue weighted by Crippen LogP contribution is 2.14. The van der Waals surface area contributed by atoms with Crippen molar-refractivity contribution >= 4 is 17.8 Å². The van der Waals surface area contributed by atoms with Gasteiger partial charge in [0, 0.05) is 24.4 Å². The Morgan fingerprint density at radius 3 is 2.90 bits per heavy atom. The average Bonchev–Trinajstić information content (AvgIpc) is 2.88. The minimum absolute atomic E-state index is 0.195. The van der Waals surface area contributed by atoms with Gasteiger partial charge in [0.1, 0.15) is 5.75 Å². The number of carboxylic acids is 1. The third-order valence-electron chi connectivity index (χ3n) is 2.63. The molecule has 2 rings (SSSR count). The summed E-state index contributed by atoms with van der Waals surface area (Å²) in [5, 5.41) is 12.6. The van der Waals surface area contributed by atoms with Gasteiger partial charge in [-0.25, -0.2) is 4.79 Å². The van der Waals surface area contributed by atoms with Gasteiger partial charge in [-0.3, -0.25) is 9.48 Å². The van der Waals surface area contributed by atoms with Crippen LogP contribution in [0.15, 0.2) is 42.7 Å². The lowest BCUT2D eigenvalue weighted by atomic mass is 10.1. The first-order valence-electron chi connectivity index (χ1n) is 6.20. The predicted octanol–water partition coefficient (Wildman–Crippen LogP) is 1.78. The molecular weight excluding hydrogens is 272 g/mol. The maximum absolute atomic E-state index is 12.0. The number of benzene rings is 1. The molecule has 0 amide bonds. The van der Waals surface area contributed by atoms with Crippen LogP contribution in [0.2, 0.25) is 0 Å². The highest BCUT2D eigenvalue weighted by molar-refractivity contribution is 6.07. The lowest BCUT2D eigenvalue weighted by molar-refractivity contribution is -0.139. The standard InChI is InChI=1S/C15H14N2O4/c1-17-9-11(8-16-17)5-6-14(18)12-3-2-4-13(7-12)21-10-15(19)20/h2-9H,10H2,1H3,(H,19,20)/b6-5+. The van der Waals surface area contributed by atoms with Crippen molar-refractivity contribution in [3.63, 3.8) is 0 Å². The van der Waals surface area contributed by atoms with E-state index < -0.39 is 12.6 Å². The molecule has 108 valence electrons. The van der Waals surface area contributed by atoms with Crippen molar-refractivity contribution in [2.45, 2.75) is 0 Å².